The third-order valence-corrected chi connectivity index (χ3v) is 10.2. The van der Waals surface area contributed by atoms with Gasteiger partial charge in [-0.3, -0.25) is 24.0 Å². The molecule has 0 radical (unpaired) electrons. The number of aliphatic hydroxyl groups excluding tert-OH is 3. The van der Waals surface area contributed by atoms with Crippen LogP contribution < -0.4 is 5.32 Å². The quantitative estimate of drug-likeness (QED) is 0.108. The van der Waals surface area contributed by atoms with Crippen molar-refractivity contribution >= 4 is 23.3 Å². The fraction of sp³-hybridized carbons (Fsp3) is 0.543. The lowest BCUT2D eigenvalue weighted by Gasteiger charge is -2.43. The Hall–Kier alpha value is -3.84. The number of aromatic hydroxyl groups is 2. The number of nitrogens with one attached hydrogen (secondary N) is 1. The van der Waals surface area contributed by atoms with Crippen molar-refractivity contribution in [2.24, 2.45) is 0 Å². The van der Waals surface area contributed by atoms with Crippen molar-refractivity contribution in [1.82, 2.24) is 10.4 Å². The van der Waals surface area contributed by atoms with Gasteiger partial charge in [0.15, 0.2) is 23.6 Å². The first-order chi connectivity index (χ1) is 24.3. The van der Waals surface area contributed by atoms with Crippen LogP contribution in [0.3, 0.4) is 0 Å². The van der Waals surface area contributed by atoms with Crippen LogP contribution in [0.4, 0.5) is 0 Å². The van der Waals surface area contributed by atoms with Gasteiger partial charge in [0.2, 0.25) is 5.91 Å². The number of carbonyl (C=O) groups excluding carboxylic acids is 4. The molecular weight excluding hydrogens is 672 g/mol. The van der Waals surface area contributed by atoms with E-state index in [1.165, 1.54) is 37.3 Å². The molecule has 0 bridgehead atoms. The molecule has 6 rings (SSSR count). The highest BCUT2D eigenvalue weighted by Crippen LogP contribution is 2.52. The zero-order chi connectivity index (χ0) is 36.8. The van der Waals surface area contributed by atoms with Crippen LogP contribution in [0, 0.1) is 0 Å². The molecule has 2 heterocycles. The van der Waals surface area contributed by atoms with Crippen molar-refractivity contribution in [3.8, 4) is 11.5 Å². The third kappa shape index (κ3) is 6.67. The van der Waals surface area contributed by atoms with Crippen molar-refractivity contribution in [3.05, 3.63) is 57.1 Å². The van der Waals surface area contributed by atoms with Crippen LogP contribution in [0.1, 0.15) is 93.7 Å². The van der Waals surface area contributed by atoms with Crippen LogP contribution in [-0.2, 0) is 41.7 Å². The smallest absolute Gasteiger partial charge is 0.237 e. The summed E-state index contributed by atoms with van der Waals surface area (Å²) in [6.45, 7) is 0.200. The molecule has 2 unspecified atom stereocenters. The average molecular weight is 715 g/mol. The molecule has 0 saturated carbocycles. The fourth-order valence-corrected chi connectivity index (χ4v) is 7.55. The van der Waals surface area contributed by atoms with E-state index in [4.69, 9.17) is 19.0 Å². The van der Waals surface area contributed by atoms with E-state index in [-0.39, 0.29) is 40.8 Å². The van der Waals surface area contributed by atoms with Crippen LogP contribution >= 0.6 is 0 Å². The Morgan fingerprint density at radius 1 is 1.08 bits per heavy atom. The van der Waals surface area contributed by atoms with Crippen molar-refractivity contribution in [2.45, 2.75) is 94.5 Å². The van der Waals surface area contributed by atoms with Gasteiger partial charge in [-0.2, -0.15) is 5.06 Å². The number of phenols is 2. The number of ketones is 3. The first-order valence-electron chi connectivity index (χ1n) is 16.8. The third-order valence-electron chi connectivity index (χ3n) is 10.2. The van der Waals surface area contributed by atoms with Crippen molar-refractivity contribution < 1.29 is 68.9 Å². The molecule has 276 valence electrons. The maximum absolute atomic E-state index is 13.9. The van der Waals surface area contributed by atoms with E-state index in [2.05, 4.69) is 5.32 Å². The highest BCUT2D eigenvalue weighted by molar-refractivity contribution is 6.31. The molecule has 2 aliphatic heterocycles. The molecule has 7 atom stereocenters. The maximum Gasteiger partial charge on any atom is 0.237 e. The number of benzene rings is 2. The van der Waals surface area contributed by atoms with Crippen molar-refractivity contribution in [2.75, 3.05) is 26.9 Å². The van der Waals surface area contributed by atoms with E-state index in [0.717, 1.165) is 12.8 Å². The maximum atomic E-state index is 13.9. The highest BCUT2D eigenvalue weighted by atomic mass is 16.7. The molecule has 1 amide bonds. The average Bonchev–Trinajstić information content (AvgIpc) is 3.12. The normalized spacial score (nSPS) is 28.9. The van der Waals surface area contributed by atoms with E-state index in [0.29, 0.717) is 13.0 Å². The van der Waals surface area contributed by atoms with E-state index in [9.17, 15) is 49.8 Å². The Labute approximate surface area is 292 Å². The summed E-state index contributed by atoms with van der Waals surface area (Å²) in [6.07, 6.45) is -4.11. The van der Waals surface area contributed by atoms with Crippen LogP contribution in [0.5, 0.6) is 11.5 Å². The number of ether oxygens (including phenoxy) is 3. The summed E-state index contributed by atoms with van der Waals surface area (Å²) in [4.78, 5) is 59.0. The first kappa shape index (κ1) is 36.9. The van der Waals surface area contributed by atoms with Gasteiger partial charge in [-0.05, 0) is 31.7 Å². The van der Waals surface area contributed by atoms with Gasteiger partial charge in [0.1, 0.15) is 42.6 Å². The Morgan fingerprint density at radius 3 is 2.49 bits per heavy atom. The second-order valence-electron chi connectivity index (χ2n) is 13.4. The number of amides is 1. The fourth-order valence-electron chi connectivity index (χ4n) is 7.55. The van der Waals surface area contributed by atoms with Gasteiger partial charge in [0.25, 0.3) is 0 Å². The van der Waals surface area contributed by atoms with Gasteiger partial charge >= 0.3 is 0 Å². The number of nitrogens with zero attached hydrogens (tertiary/aromatic N) is 1. The predicted octanol–water partition coefficient (Wildman–Crippen LogP) is 0.0325. The molecule has 2 aliphatic carbocycles. The molecule has 2 aromatic carbocycles. The summed E-state index contributed by atoms with van der Waals surface area (Å²) in [6, 6.07) is 3.32. The number of carbonyl (C=O) groups is 4. The summed E-state index contributed by atoms with van der Waals surface area (Å²) in [5.41, 5.74) is -4.02. The van der Waals surface area contributed by atoms with Crippen LogP contribution in [0.15, 0.2) is 18.2 Å². The molecule has 2 saturated heterocycles. The lowest BCUT2D eigenvalue weighted by molar-refractivity contribution is -0.252. The molecule has 0 spiro atoms. The summed E-state index contributed by atoms with van der Waals surface area (Å²) >= 11 is 0. The number of aliphatic hydroxyl groups is 4. The molecular formula is C35H42N2O14. The first-order valence-corrected chi connectivity index (χ1v) is 16.8. The summed E-state index contributed by atoms with van der Waals surface area (Å²) in [5.74, 6) is -4.70. The number of hydroxylamine groups is 2. The topological polar surface area (TPSA) is 242 Å². The number of fused-ring (bicyclic) bond motifs is 3. The van der Waals surface area contributed by atoms with E-state index >= 15 is 0 Å². The molecule has 2 aromatic rings. The number of hydrogen-bond acceptors (Lipinski definition) is 15. The van der Waals surface area contributed by atoms with Gasteiger partial charge in [0, 0.05) is 48.1 Å². The molecule has 0 aromatic heterocycles. The molecule has 7 N–H and O–H groups in total. The predicted molar refractivity (Wildman–Crippen MR) is 172 cm³/mol. The number of hydrogen-bond donors (Lipinski definition) is 7. The zero-order valence-electron chi connectivity index (χ0n) is 28.2. The SMILES string of the molecule is CON(CC(=O)NC1C[C@H](O[C@H]2C[C@](O)(C(=O)CO)Cc3c(O)c4c(c(O)c32)C(=O)c2c(CO)cccc2C4=O)OC(C)[C@H]1O)[C@H]1CCCCO1. The Bertz CT molecular complexity index is 1720. The molecule has 16 heteroatoms. The van der Waals surface area contributed by atoms with E-state index in [1.54, 1.807) is 0 Å². The largest absolute Gasteiger partial charge is 0.507 e. The Morgan fingerprint density at radius 2 is 1.82 bits per heavy atom. The van der Waals surface area contributed by atoms with Crippen LogP contribution in [0.2, 0.25) is 0 Å². The second kappa shape index (κ2) is 14.7. The molecule has 4 aliphatic rings. The lowest BCUT2D eigenvalue weighted by Crippen LogP contribution is -2.57. The van der Waals surface area contributed by atoms with Crippen LogP contribution in [0.25, 0.3) is 0 Å². The molecule has 51 heavy (non-hydrogen) atoms. The highest BCUT2D eigenvalue weighted by Gasteiger charge is 2.50. The van der Waals surface area contributed by atoms with Crippen molar-refractivity contribution in [3.63, 3.8) is 0 Å². The minimum Gasteiger partial charge on any atom is -0.507 e. The number of Topliss-reactive ketones (excluding diaryl/α,β-unsaturated/α-hetero) is 1. The van der Waals surface area contributed by atoms with Crippen molar-refractivity contribution in [1.29, 1.82) is 0 Å². The van der Waals surface area contributed by atoms with E-state index in [1.807, 2.05) is 0 Å². The summed E-state index contributed by atoms with van der Waals surface area (Å²) in [5, 5.41) is 69.5. The number of phenolic OH excluding ortho intramolecular Hbond substituents is 2. The molecule has 16 nitrogen and oxygen atoms in total. The minimum absolute atomic E-state index is 0.116. The Kier molecular flexibility index (Phi) is 10.6. The minimum atomic E-state index is -2.34. The van der Waals surface area contributed by atoms with Crippen LogP contribution in [-0.4, -0.2) is 122 Å². The van der Waals surface area contributed by atoms with Gasteiger partial charge < -0.3 is 50.2 Å². The second-order valence-corrected chi connectivity index (χ2v) is 13.4. The van der Waals surface area contributed by atoms with E-state index < -0.39 is 114 Å². The van der Waals surface area contributed by atoms with Gasteiger partial charge in [-0.15, -0.1) is 0 Å². The summed E-state index contributed by atoms with van der Waals surface area (Å²) < 4.78 is 17.8. The van der Waals surface area contributed by atoms with Gasteiger partial charge in [-0.1, -0.05) is 18.2 Å². The summed E-state index contributed by atoms with van der Waals surface area (Å²) in [7, 11) is 1.42. The van der Waals surface area contributed by atoms with Gasteiger partial charge in [-0.25, -0.2) is 0 Å². The molecule has 2 fully saturated rings. The lowest BCUT2D eigenvalue weighted by atomic mass is 9.71. The zero-order valence-corrected chi connectivity index (χ0v) is 28.2. The number of rotatable bonds is 10. The monoisotopic (exact) mass is 714 g/mol. The Balaban J connectivity index is 1.32. The standard InChI is InChI=1S/C35H42N2O14/c1-16-30(42)20(36-23(41)13-37(48-2)24-8-3-4-9-49-24)10-25(50-16)51-21-12-35(47,22(40)15-39)11-19-27(21)34(46)29-28(32(19)44)31(43)18-7-5-6-17(14-38)26(18)33(29)45/h5-7,16,20-21,24-25,30,38-39,42,44,46-47H,3-4,8-15H2,1-2H3,(H,36,41)/t16?,20?,21-,24+,25-,30+,35-/m0/s1. The van der Waals surface area contributed by atoms with Gasteiger partial charge in [0.05, 0.1) is 43.1 Å².